The van der Waals surface area contributed by atoms with Crippen LogP contribution in [-0.2, 0) is 6.54 Å². The van der Waals surface area contributed by atoms with Gasteiger partial charge in [-0.25, -0.2) is 0 Å². The van der Waals surface area contributed by atoms with Crippen LogP contribution in [0.3, 0.4) is 0 Å². The van der Waals surface area contributed by atoms with Crippen LogP contribution in [0, 0.1) is 17.0 Å². The van der Waals surface area contributed by atoms with Crippen molar-refractivity contribution >= 4 is 11.6 Å². The second kappa shape index (κ2) is 8.51. The quantitative estimate of drug-likeness (QED) is 0.443. The molecule has 1 heterocycles. The molecule has 29 heavy (non-hydrogen) atoms. The lowest BCUT2D eigenvalue weighted by Gasteiger charge is -2.19. The van der Waals surface area contributed by atoms with Crippen LogP contribution in [0.25, 0.3) is 11.4 Å². The molecule has 0 atom stereocenters. The first-order valence-electron chi connectivity index (χ1n) is 8.94. The van der Waals surface area contributed by atoms with E-state index in [1.165, 1.54) is 17.0 Å². The normalized spacial score (nSPS) is 10.6. The summed E-state index contributed by atoms with van der Waals surface area (Å²) in [5.41, 5.74) is 1.26. The van der Waals surface area contributed by atoms with Gasteiger partial charge in [-0.15, -0.1) is 0 Å². The number of methoxy groups -OCH3 is 1. The molecule has 0 radical (unpaired) electrons. The molecule has 3 rings (SSSR count). The van der Waals surface area contributed by atoms with E-state index in [-0.39, 0.29) is 29.6 Å². The van der Waals surface area contributed by atoms with Gasteiger partial charge in [0.15, 0.2) is 0 Å². The highest BCUT2D eigenvalue weighted by molar-refractivity contribution is 5.96. The molecule has 9 nitrogen and oxygen atoms in total. The summed E-state index contributed by atoms with van der Waals surface area (Å²) < 4.78 is 10.4. The van der Waals surface area contributed by atoms with Crippen LogP contribution in [-0.4, -0.2) is 39.5 Å². The molecule has 0 N–H and O–H groups in total. The van der Waals surface area contributed by atoms with Gasteiger partial charge in [0.2, 0.25) is 11.7 Å². The van der Waals surface area contributed by atoms with Crippen molar-refractivity contribution in [2.75, 3.05) is 13.7 Å². The van der Waals surface area contributed by atoms with Crippen LogP contribution in [0.5, 0.6) is 5.75 Å². The average molecular weight is 396 g/mol. The molecule has 9 heteroatoms. The van der Waals surface area contributed by atoms with Gasteiger partial charge in [0.1, 0.15) is 12.3 Å². The second-order valence-corrected chi connectivity index (χ2v) is 6.27. The Bertz CT molecular complexity index is 1030. The summed E-state index contributed by atoms with van der Waals surface area (Å²) in [6, 6.07) is 11.6. The van der Waals surface area contributed by atoms with E-state index in [4.69, 9.17) is 9.26 Å². The lowest BCUT2D eigenvalue weighted by Crippen LogP contribution is -2.31. The van der Waals surface area contributed by atoms with E-state index in [9.17, 15) is 14.9 Å². The van der Waals surface area contributed by atoms with Crippen molar-refractivity contribution < 1.29 is 19.0 Å². The van der Waals surface area contributed by atoms with E-state index in [2.05, 4.69) is 10.1 Å². The van der Waals surface area contributed by atoms with E-state index in [1.807, 2.05) is 19.1 Å². The van der Waals surface area contributed by atoms with Gasteiger partial charge in [0.25, 0.3) is 11.6 Å². The first-order chi connectivity index (χ1) is 13.9. The van der Waals surface area contributed by atoms with Crippen LogP contribution < -0.4 is 4.74 Å². The van der Waals surface area contributed by atoms with Crippen LogP contribution in [0.2, 0.25) is 0 Å². The Morgan fingerprint density at radius 2 is 1.97 bits per heavy atom. The van der Waals surface area contributed by atoms with Gasteiger partial charge in [0, 0.05) is 29.3 Å². The number of hydrogen-bond acceptors (Lipinski definition) is 7. The Balaban J connectivity index is 1.80. The number of aromatic nitrogens is 2. The van der Waals surface area contributed by atoms with Gasteiger partial charge >= 0.3 is 0 Å². The topological polar surface area (TPSA) is 112 Å². The Morgan fingerprint density at radius 1 is 1.24 bits per heavy atom. The van der Waals surface area contributed by atoms with Crippen molar-refractivity contribution in [1.82, 2.24) is 15.0 Å². The SMILES string of the molecule is CCN(Cc1nc(-c2ccc(OC)cc2)no1)C(=O)c1cccc([N+](=O)[O-])c1C. The standard InChI is InChI=1S/C20H20N4O5/c1-4-23(20(25)16-6-5-7-17(13(16)2)24(26)27)12-18-21-19(22-29-18)14-8-10-15(28-3)11-9-14/h5-11H,4,12H2,1-3H3. The third-order valence-corrected chi connectivity index (χ3v) is 4.54. The minimum atomic E-state index is -0.498. The minimum Gasteiger partial charge on any atom is -0.497 e. The maximum atomic E-state index is 12.9. The lowest BCUT2D eigenvalue weighted by atomic mass is 10.1. The van der Waals surface area contributed by atoms with Crippen molar-refractivity contribution in [1.29, 1.82) is 0 Å². The molecule has 2 aromatic carbocycles. The Kier molecular flexibility index (Phi) is 5.87. The Hall–Kier alpha value is -3.75. The monoisotopic (exact) mass is 396 g/mol. The predicted molar refractivity (Wildman–Crippen MR) is 105 cm³/mol. The van der Waals surface area contributed by atoms with Crippen molar-refractivity contribution in [3.05, 3.63) is 69.6 Å². The summed E-state index contributed by atoms with van der Waals surface area (Å²) in [6.07, 6.45) is 0. The van der Waals surface area contributed by atoms with E-state index in [0.29, 0.717) is 23.7 Å². The van der Waals surface area contributed by atoms with Crippen molar-refractivity contribution in [3.63, 3.8) is 0 Å². The fourth-order valence-corrected chi connectivity index (χ4v) is 2.89. The highest BCUT2D eigenvalue weighted by Gasteiger charge is 2.23. The first kappa shape index (κ1) is 20.0. The van der Waals surface area contributed by atoms with Gasteiger partial charge in [-0.2, -0.15) is 4.98 Å². The molecule has 3 aromatic rings. The Morgan fingerprint density at radius 3 is 2.59 bits per heavy atom. The summed E-state index contributed by atoms with van der Waals surface area (Å²) in [7, 11) is 1.58. The summed E-state index contributed by atoms with van der Waals surface area (Å²) >= 11 is 0. The van der Waals surface area contributed by atoms with Crippen molar-refractivity contribution in [2.45, 2.75) is 20.4 Å². The van der Waals surface area contributed by atoms with E-state index < -0.39 is 4.92 Å². The molecule has 0 saturated carbocycles. The number of amides is 1. The van der Waals surface area contributed by atoms with E-state index >= 15 is 0 Å². The van der Waals surface area contributed by atoms with Crippen LogP contribution in [0.1, 0.15) is 28.7 Å². The molecule has 0 bridgehead atoms. The number of carbonyl (C=O) groups excluding carboxylic acids is 1. The van der Waals surface area contributed by atoms with Crippen LogP contribution >= 0.6 is 0 Å². The van der Waals surface area contributed by atoms with Gasteiger partial charge in [-0.3, -0.25) is 14.9 Å². The zero-order valence-corrected chi connectivity index (χ0v) is 16.3. The smallest absolute Gasteiger partial charge is 0.273 e. The minimum absolute atomic E-state index is 0.0912. The van der Waals surface area contributed by atoms with Crippen LogP contribution in [0.4, 0.5) is 5.69 Å². The molecule has 0 fully saturated rings. The van der Waals surface area contributed by atoms with E-state index in [0.717, 1.165) is 5.56 Å². The number of nitro groups is 1. The summed E-state index contributed by atoms with van der Waals surface area (Å²) in [6.45, 7) is 3.85. The van der Waals surface area contributed by atoms with E-state index in [1.54, 1.807) is 32.2 Å². The summed E-state index contributed by atoms with van der Waals surface area (Å²) in [4.78, 5) is 29.4. The molecular formula is C20H20N4O5. The first-order valence-corrected chi connectivity index (χ1v) is 8.94. The zero-order valence-electron chi connectivity index (χ0n) is 16.3. The molecule has 0 aliphatic rings. The largest absolute Gasteiger partial charge is 0.497 e. The molecule has 1 aromatic heterocycles. The second-order valence-electron chi connectivity index (χ2n) is 6.27. The number of carbonyl (C=O) groups is 1. The van der Waals surface area contributed by atoms with Crippen molar-refractivity contribution in [2.24, 2.45) is 0 Å². The maximum Gasteiger partial charge on any atom is 0.273 e. The molecule has 0 aliphatic heterocycles. The van der Waals surface area contributed by atoms with Gasteiger partial charge in [-0.05, 0) is 44.2 Å². The average Bonchev–Trinajstić information content (AvgIpc) is 3.20. The number of nitrogens with zero attached hydrogens (tertiary/aromatic N) is 4. The highest BCUT2D eigenvalue weighted by atomic mass is 16.6. The van der Waals surface area contributed by atoms with Gasteiger partial charge in [0.05, 0.1) is 12.0 Å². The number of ether oxygens (including phenoxy) is 1. The third kappa shape index (κ3) is 4.23. The molecule has 150 valence electrons. The molecule has 0 unspecified atom stereocenters. The fraction of sp³-hybridized carbons (Fsp3) is 0.250. The zero-order chi connectivity index (χ0) is 21.0. The lowest BCUT2D eigenvalue weighted by molar-refractivity contribution is -0.385. The predicted octanol–water partition coefficient (Wildman–Crippen LogP) is 3.62. The number of nitro benzene ring substituents is 1. The molecule has 0 aliphatic carbocycles. The Labute approximate surface area is 167 Å². The van der Waals surface area contributed by atoms with Crippen molar-refractivity contribution in [3.8, 4) is 17.1 Å². The highest BCUT2D eigenvalue weighted by Crippen LogP contribution is 2.24. The molecule has 1 amide bonds. The summed E-state index contributed by atoms with van der Waals surface area (Å²) in [5.74, 6) is 1.05. The number of rotatable bonds is 7. The number of hydrogen-bond donors (Lipinski definition) is 0. The molecule has 0 saturated heterocycles. The van der Waals surface area contributed by atoms with Gasteiger partial charge in [-0.1, -0.05) is 11.2 Å². The maximum absolute atomic E-state index is 12.9. The fourth-order valence-electron chi connectivity index (χ4n) is 2.89. The van der Waals surface area contributed by atoms with Crippen LogP contribution in [0.15, 0.2) is 47.0 Å². The number of benzene rings is 2. The molecular weight excluding hydrogens is 376 g/mol. The summed E-state index contributed by atoms with van der Waals surface area (Å²) in [5, 5.41) is 15.1. The third-order valence-electron chi connectivity index (χ3n) is 4.54. The molecule has 0 spiro atoms. The van der Waals surface area contributed by atoms with Gasteiger partial charge < -0.3 is 14.2 Å².